The van der Waals surface area contributed by atoms with E-state index in [1.54, 1.807) is 0 Å². The monoisotopic (exact) mass is 250 g/mol. The molecule has 0 spiro atoms. The Balaban J connectivity index is 2.90. The number of aryl methyl sites for hydroxylation is 1. The summed E-state index contributed by atoms with van der Waals surface area (Å²) in [6, 6.07) is 6.08. The van der Waals surface area contributed by atoms with Gasteiger partial charge in [-0.15, -0.1) is 0 Å². The summed E-state index contributed by atoms with van der Waals surface area (Å²) in [5.41, 5.74) is 2.22. The van der Waals surface area contributed by atoms with Crippen LogP contribution in [0, 0.1) is 0 Å². The molecule has 3 heteroatoms. The molecule has 0 radical (unpaired) electrons. The quantitative estimate of drug-likeness (QED) is 0.804. The minimum absolute atomic E-state index is 0.143. The van der Waals surface area contributed by atoms with Crippen LogP contribution in [0.5, 0.6) is 5.75 Å². The Morgan fingerprint density at radius 1 is 1.39 bits per heavy atom. The highest BCUT2D eigenvalue weighted by Crippen LogP contribution is 2.25. The van der Waals surface area contributed by atoms with Gasteiger partial charge in [0.05, 0.1) is 6.61 Å². The number of rotatable bonds is 7. The fourth-order valence-corrected chi connectivity index (χ4v) is 1.75. The lowest BCUT2D eigenvalue weighted by Gasteiger charge is -2.14. The molecule has 0 bridgehead atoms. The van der Waals surface area contributed by atoms with Crippen LogP contribution in [-0.2, 0) is 11.2 Å². The van der Waals surface area contributed by atoms with Crippen molar-refractivity contribution in [1.82, 2.24) is 0 Å². The van der Waals surface area contributed by atoms with Gasteiger partial charge in [-0.3, -0.25) is 4.79 Å². The van der Waals surface area contributed by atoms with Crippen molar-refractivity contribution in [2.24, 2.45) is 0 Å². The van der Waals surface area contributed by atoms with E-state index < -0.39 is 5.97 Å². The summed E-state index contributed by atoms with van der Waals surface area (Å²) >= 11 is 0. The maximum Gasteiger partial charge on any atom is 0.303 e. The zero-order valence-electron chi connectivity index (χ0n) is 11.4. The van der Waals surface area contributed by atoms with Gasteiger partial charge in [-0.2, -0.15) is 0 Å². The molecule has 18 heavy (non-hydrogen) atoms. The predicted octanol–water partition coefficient (Wildman–Crippen LogP) is 3.62. The van der Waals surface area contributed by atoms with Crippen molar-refractivity contribution in [3.63, 3.8) is 0 Å². The Bertz CT molecular complexity index is 397. The number of carboxylic acids is 1. The Labute approximate surface area is 109 Å². The van der Waals surface area contributed by atoms with Gasteiger partial charge < -0.3 is 9.84 Å². The Hall–Kier alpha value is -1.51. The summed E-state index contributed by atoms with van der Waals surface area (Å²) in [5, 5.41) is 8.78. The molecule has 0 fully saturated rings. The fourth-order valence-electron chi connectivity index (χ4n) is 1.75. The summed E-state index contributed by atoms with van der Waals surface area (Å²) in [5.74, 6) is 0.489. The molecule has 0 aliphatic rings. The zero-order valence-corrected chi connectivity index (χ0v) is 11.4. The Morgan fingerprint density at radius 3 is 2.67 bits per heavy atom. The van der Waals surface area contributed by atoms with Crippen LogP contribution in [0.25, 0.3) is 0 Å². The molecule has 0 heterocycles. The second kappa shape index (κ2) is 7.04. The van der Waals surface area contributed by atoms with E-state index in [0.29, 0.717) is 18.9 Å². The molecule has 1 aromatic rings. The first-order valence-corrected chi connectivity index (χ1v) is 6.52. The number of ether oxygens (including phenoxy) is 1. The minimum Gasteiger partial charge on any atom is -0.493 e. The van der Waals surface area contributed by atoms with Crippen LogP contribution >= 0.6 is 0 Å². The van der Waals surface area contributed by atoms with Crippen LogP contribution in [0.4, 0.5) is 0 Å². The van der Waals surface area contributed by atoms with Crippen molar-refractivity contribution in [3.05, 3.63) is 29.3 Å². The van der Waals surface area contributed by atoms with E-state index >= 15 is 0 Å². The van der Waals surface area contributed by atoms with Crippen molar-refractivity contribution in [2.75, 3.05) is 6.61 Å². The zero-order chi connectivity index (χ0) is 13.5. The number of hydrogen-bond donors (Lipinski definition) is 1. The molecule has 0 aliphatic carbocycles. The molecule has 0 saturated heterocycles. The van der Waals surface area contributed by atoms with E-state index in [4.69, 9.17) is 9.84 Å². The van der Waals surface area contributed by atoms with Gasteiger partial charge in [0.1, 0.15) is 5.75 Å². The molecule has 1 N–H and O–H groups in total. The summed E-state index contributed by atoms with van der Waals surface area (Å²) in [4.78, 5) is 10.7. The standard InChI is InChI=1S/C15H22O3/c1-4-9-18-14-7-5-12(11(2)3)10-13(14)6-8-15(16)17/h5,7,10-11H,4,6,8-9H2,1-3H3,(H,16,17). The number of aliphatic carboxylic acids is 1. The summed E-state index contributed by atoms with van der Waals surface area (Å²) in [6.45, 7) is 6.98. The van der Waals surface area contributed by atoms with Crippen LogP contribution < -0.4 is 4.74 Å². The predicted molar refractivity (Wildman–Crippen MR) is 72.3 cm³/mol. The highest BCUT2D eigenvalue weighted by molar-refractivity contribution is 5.67. The van der Waals surface area contributed by atoms with Crippen molar-refractivity contribution >= 4 is 5.97 Å². The molecular formula is C15H22O3. The van der Waals surface area contributed by atoms with E-state index in [2.05, 4.69) is 32.9 Å². The first kappa shape index (κ1) is 14.6. The third-order valence-electron chi connectivity index (χ3n) is 2.82. The summed E-state index contributed by atoms with van der Waals surface area (Å²) in [7, 11) is 0. The van der Waals surface area contributed by atoms with Crippen LogP contribution in [0.1, 0.15) is 50.7 Å². The molecule has 0 aromatic heterocycles. The highest BCUT2D eigenvalue weighted by atomic mass is 16.5. The van der Waals surface area contributed by atoms with Crippen molar-refractivity contribution in [1.29, 1.82) is 0 Å². The summed E-state index contributed by atoms with van der Waals surface area (Å²) < 4.78 is 5.66. The SMILES string of the molecule is CCCOc1ccc(C(C)C)cc1CCC(=O)O. The van der Waals surface area contributed by atoms with Gasteiger partial charge >= 0.3 is 5.97 Å². The largest absolute Gasteiger partial charge is 0.493 e. The van der Waals surface area contributed by atoms with Crippen LogP contribution in [0.15, 0.2) is 18.2 Å². The Morgan fingerprint density at radius 2 is 2.11 bits per heavy atom. The second-order valence-corrected chi connectivity index (χ2v) is 4.76. The van der Waals surface area contributed by atoms with Crippen molar-refractivity contribution < 1.29 is 14.6 Å². The topological polar surface area (TPSA) is 46.5 Å². The normalized spacial score (nSPS) is 10.7. The third kappa shape index (κ3) is 4.40. The highest BCUT2D eigenvalue weighted by Gasteiger charge is 2.09. The molecule has 0 saturated carbocycles. The van der Waals surface area contributed by atoms with Crippen LogP contribution in [-0.4, -0.2) is 17.7 Å². The number of carboxylic acid groups (broad SMARTS) is 1. The molecule has 0 unspecified atom stereocenters. The molecule has 1 rings (SSSR count). The van der Waals surface area contributed by atoms with Gasteiger partial charge in [-0.05, 0) is 36.0 Å². The number of hydrogen-bond acceptors (Lipinski definition) is 2. The van der Waals surface area contributed by atoms with Gasteiger partial charge in [-0.1, -0.05) is 32.9 Å². The lowest BCUT2D eigenvalue weighted by Crippen LogP contribution is -2.03. The minimum atomic E-state index is -0.772. The fraction of sp³-hybridized carbons (Fsp3) is 0.533. The van der Waals surface area contributed by atoms with Gasteiger partial charge in [-0.25, -0.2) is 0 Å². The third-order valence-corrected chi connectivity index (χ3v) is 2.82. The van der Waals surface area contributed by atoms with E-state index in [1.165, 1.54) is 5.56 Å². The second-order valence-electron chi connectivity index (χ2n) is 4.76. The number of carbonyl (C=O) groups is 1. The average Bonchev–Trinajstić information content (AvgIpc) is 2.33. The van der Waals surface area contributed by atoms with Gasteiger partial charge in [0.2, 0.25) is 0 Å². The van der Waals surface area contributed by atoms with Gasteiger partial charge in [0.15, 0.2) is 0 Å². The molecule has 0 aliphatic heterocycles. The Kier molecular flexibility index (Phi) is 5.69. The molecular weight excluding hydrogens is 228 g/mol. The van der Waals surface area contributed by atoms with Gasteiger partial charge in [0, 0.05) is 6.42 Å². The van der Waals surface area contributed by atoms with E-state index in [1.807, 2.05) is 6.07 Å². The average molecular weight is 250 g/mol. The van der Waals surface area contributed by atoms with Crippen molar-refractivity contribution in [2.45, 2.75) is 46.0 Å². The van der Waals surface area contributed by atoms with Gasteiger partial charge in [0.25, 0.3) is 0 Å². The maximum absolute atomic E-state index is 10.7. The number of benzene rings is 1. The van der Waals surface area contributed by atoms with Crippen LogP contribution in [0.3, 0.4) is 0 Å². The maximum atomic E-state index is 10.7. The molecule has 0 atom stereocenters. The lowest BCUT2D eigenvalue weighted by molar-refractivity contribution is -0.136. The summed E-state index contributed by atoms with van der Waals surface area (Å²) in [6.07, 6.45) is 1.61. The molecule has 100 valence electrons. The van der Waals surface area contributed by atoms with Crippen molar-refractivity contribution in [3.8, 4) is 5.75 Å². The smallest absolute Gasteiger partial charge is 0.303 e. The van der Waals surface area contributed by atoms with E-state index in [0.717, 1.165) is 17.7 Å². The molecule has 0 amide bonds. The lowest BCUT2D eigenvalue weighted by atomic mass is 9.98. The van der Waals surface area contributed by atoms with E-state index in [9.17, 15) is 4.79 Å². The van der Waals surface area contributed by atoms with Crippen LogP contribution in [0.2, 0.25) is 0 Å². The molecule has 3 nitrogen and oxygen atoms in total. The molecule has 1 aromatic carbocycles. The first-order chi connectivity index (χ1) is 8.54. The first-order valence-electron chi connectivity index (χ1n) is 6.52. The van der Waals surface area contributed by atoms with E-state index in [-0.39, 0.29) is 6.42 Å².